The zero-order valence-corrected chi connectivity index (χ0v) is 20.4. The molecule has 2 aromatic rings. The number of hydrogen-bond donors (Lipinski definition) is 0. The van der Waals surface area contributed by atoms with E-state index in [2.05, 4.69) is 43.3 Å². The maximum atomic E-state index is 6.09. The molecule has 0 aliphatic rings. The molecular formula is C19H25Br2Cl2N3O. The molecule has 8 heteroatoms. The number of nitrogens with zero attached hydrogens (tertiary/aromatic N) is 3. The quantitative estimate of drug-likeness (QED) is 0.163. The Morgan fingerprint density at radius 3 is 2.19 bits per heavy atom. The van der Waals surface area contributed by atoms with Crippen LogP contribution in [0.5, 0.6) is 0 Å². The minimum Gasteiger partial charge on any atom is -1.00 e. The second kappa shape index (κ2) is 12.7. The molecule has 0 saturated heterocycles. The first-order valence-corrected chi connectivity index (χ1v) is 8.98. The number of aryl methyl sites for hydroxylation is 1. The van der Waals surface area contributed by atoms with E-state index in [1.807, 2.05) is 12.1 Å². The van der Waals surface area contributed by atoms with Gasteiger partial charge in [0.25, 0.3) is 0 Å². The Labute approximate surface area is 192 Å². The van der Waals surface area contributed by atoms with E-state index in [1.165, 1.54) is 0 Å². The summed E-state index contributed by atoms with van der Waals surface area (Å²) in [5.41, 5.74) is 1.72. The monoisotopic (exact) mass is 539 g/mol. The SMILES string of the molecule is C[N+](C)(C)CCC[n+]1ccc(/C=N/OCc2c(Cl)cccc2Cl)cc1.[Br-].[Br-]. The highest BCUT2D eigenvalue weighted by Crippen LogP contribution is 2.24. The second-order valence-electron chi connectivity index (χ2n) is 6.94. The molecule has 0 N–H and O–H groups in total. The Kier molecular flexibility index (Phi) is 12.4. The number of oxime groups is 1. The zero-order valence-electron chi connectivity index (χ0n) is 15.7. The van der Waals surface area contributed by atoms with E-state index in [-0.39, 0.29) is 40.6 Å². The summed E-state index contributed by atoms with van der Waals surface area (Å²) in [5, 5.41) is 5.15. The summed E-state index contributed by atoms with van der Waals surface area (Å²) in [6, 6.07) is 9.40. The van der Waals surface area contributed by atoms with Crippen molar-refractivity contribution < 1.29 is 47.9 Å². The van der Waals surface area contributed by atoms with Crippen molar-refractivity contribution in [3.8, 4) is 0 Å². The Morgan fingerprint density at radius 2 is 1.63 bits per heavy atom. The molecule has 0 unspecified atom stereocenters. The first-order valence-electron chi connectivity index (χ1n) is 8.23. The summed E-state index contributed by atoms with van der Waals surface area (Å²) in [4.78, 5) is 5.31. The summed E-state index contributed by atoms with van der Waals surface area (Å²) in [7, 11) is 6.63. The number of benzene rings is 1. The summed E-state index contributed by atoms with van der Waals surface area (Å²) in [6.45, 7) is 2.40. The third kappa shape index (κ3) is 9.90. The number of aromatic nitrogens is 1. The van der Waals surface area contributed by atoms with E-state index >= 15 is 0 Å². The summed E-state index contributed by atoms with van der Waals surface area (Å²) >= 11 is 12.2. The predicted molar refractivity (Wildman–Crippen MR) is 103 cm³/mol. The first kappa shape index (κ1) is 26.3. The van der Waals surface area contributed by atoms with Crippen molar-refractivity contribution in [2.24, 2.45) is 5.16 Å². The van der Waals surface area contributed by atoms with Gasteiger partial charge < -0.3 is 43.3 Å². The van der Waals surface area contributed by atoms with E-state index < -0.39 is 0 Å². The molecule has 0 fully saturated rings. The molecule has 150 valence electrons. The van der Waals surface area contributed by atoms with Gasteiger partial charge in [-0.15, -0.1) is 0 Å². The van der Waals surface area contributed by atoms with Gasteiger partial charge in [0.1, 0.15) is 6.61 Å². The lowest BCUT2D eigenvalue weighted by molar-refractivity contribution is -0.873. The Morgan fingerprint density at radius 1 is 1.04 bits per heavy atom. The van der Waals surface area contributed by atoms with Crippen LogP contribution in [0.25, 0.3) is 0 Å². The van der Waals surface area contributed by atoms with Crippen LogP contribution in [0.3, 0.4) is 0 Å². The molecule has 0 atom stereocenters. The van der Waals surface area contributed by atoms with Crippen molar-refractivity contribution in [2.45, 2.75) is 19.6 Å². The largest absolute Gasteiger partial charge is 1.00 e. The lowest BCUT2D eigenvalue weighted by atomic mass is 10.2. The van der Waals surface area contributed by atoms with Gasteiger partial charge in [-0.3, -0.25) is 0 Å². The van der Waals surface area contributed by atoms with Crippen LogP contribution in [0.2, 0.25) is 10.0 Å². The van der Waals surface area contributed by atoms with E-state index in [0.29, 0.717) is 10.0 Å². The van der Waals surface area contributed by atoms with Gasteiger partial charge in [-0.1, -0.05) is 34.4 Å². The average molecular weight is 542 g/mol. The summed E-state index contributed by atoms with van der Waals surface area (Å²) < 4.78 is 3.16. The number of rotatable bonds is 8. The number of quaternary nitrogens is 1. The van der Waals surface area contributed by atoms with Crippen LogP contribution in [-0.2, 0) is 18.0 Å². The van der Waals surface area contributed by atoms with E-state index in [9.17, 15) is 0 Å². The number of pyridine rings is 1. The Balaban J connectivity index is 0.00000338. The van der Waals surface area contributed by atoms with Crippen LogP contribution in [0.4, 0.5) is 0 Å². The summed E-state index contributed by atoms with van der Waals surface area (Å²) in [5.74, 6) is 0. The fraction of sp³-hybridized carbons (Fsp3) is 0.368. The van der Waals surface area contributed by atoms with Crippen LogP contribution in [0, 0.1) is 0 Å². The van der Waals surface area contributed by atoms with Gasteiger partial charge in [-0.05, 0) is 12.1 Å². The van der Waals surface area contributed by atoms with Crippen molar-refractivity contribution in [2.75, 3.05) is 27.7 Å². The Bertz CT molecular complexity index is 700. The van der Waals surface area contributed by atoms with E-state index in [4.69, 9.17) is 28.0 Å². The predicted octanol–water partition coefficient (Wildman–Crippen LogP) is -2.06. The summed E-state index contributed by atoms with van der Waals surface area (Å²) in [6.07, 6.45) is 6.94. The third-order valence-electron chi connectivity index (χ3n) is 3.71. The highest BCUT2D eigenvalue weighted by molar-refractivity contribution is 6.35. The van der Waals surface area contributed by atoms with E-state index in [1.54, 1.807) is 24.4 Å². The molecule has 1 heterocycles. The maximum absolute atomic E-state index is 6.09. The highest BCUT2D eigenvalue weighted by Gasteiger charge is 2.09. The van der Waals surface area contributed by atoms with Gasteiger partial charge >= 0.3 is 0 Å². The lowest BCUT2D eigenvalue weighted by Gasteiger charge is -2.22. The van der Waals surface area contributed by atoms with Gasteiger partial charge in [-0.25, -0.2) is 4.57 Å². The normalized spacial score (nSPS) is 11.0. The van der Waals surface area contributed by atoms with Crippen LogP contribution in [-0.4, -0.2) is 38.4 Å². The number of hydrogen-bond acceptors (Lipinski definition) is 2. The Hall–Kier alpha value is -0.660. The minimum absolute atomic E-state index is 0. The third-order valence-corrected chi connectivity index (χ3v) is 4.42. The molecule has 4 nitrogen and oxygen atoms in total. The fourth-order valence-electron chi connectivity index (χ4n) is 2.30. The smallest absolute Gasteiger partial charge is 0.169 e. The lowest BCUT2D eigenvalue weighted by Crippen LogP contribution is -3.00. The van der Waals surface area contributed by atoms with Gasteiger partial charge in [0.05, 0.1) is 40.3 Å². The van der Waals surface area contributed by atoms with E-state index in [0.717, 1.165) is 35.1 Å². The second-order valence-corrected chi connectivity index (χ2v) is 7.76. The molecule has 0 radical (unpaired) electrons. The molecule has 1 aromatic heterocycles. The van der Waals surface area contributed by atoms with Crippen molar-refractivity contribution >= 4 is 29.4 Å². The molecule has 2 rings (SSSR count). The van der Waals surface area contributed by atoms with Gasteiger partial charge in [0.15, 0.2) is 18.9 Å². The van der Waals surface area contributed by atoms with Gasteiger partial charge in [0.2, 0.25) is 0 Å². The van der Waals surface area contributed by atoms with Crippen molar-refractivity contribution in [3.05, 3.63) is 63.9 Å². The van der Waals surface area contributed by atoms with Gasteiger partial charge in [-0.2, -0.15) is 0 Å². The van der Waals surface area contributed by atoms with Crippen LogP contribution in [0.15, 0.2) is 47.9 Å². The van der Waals surface area contributed by atoms with Crippen LogP contribution >= 0.6 is 23.2 Å². The zero-order chi connectivity index (χ0) is 18.3. The standard InChI is InChI=1S/C19H25Cl2N3O.2BrH/c1-24(2,3)13-5-10-23-11-8-16(9-12-23)14-22-25-15-17-18(20)6-4-7-19(17)21;;/h4,6-9,11-12,14H,5,10,13,15H2,1-3H3;2*1H/q+2;;/p-2/b22-14+;;. The van der Waals surface area contributed by atoms with Crippen molar-refractivity contribution in [1.29, 1.82) is 0 Å². The first-order chi connectivity index (χ1) is 11.8. The molecule has 0 aliphatic carbocycles. The topological polar surface area (TPSA) is 25.5 Å². The number of halogens is 4. The molecule has 1 aromatic carbocycles. The maximum Gasteiger partial charge on any atom is 0.169 e. The molecular weight excluding hydrogens is 517 g/mol. The van der Waals surface area contributed by atoms with Crippen LogP contribution < -0.4 is 38.5 Å². The fourth-order valence-corrected chi connectivity index (χ4v) is 2.81. The van der Waals surface area contributed by atoms with Crippen molar-refractivity contribution in [3.63, 3.8) is 0 Å². The highest BCUT2D eigenvalue weighted by atomic mass is 79.9. The van der Waals surface area contributed by atoms with Crippen LogP contribution in [0.1, 0.15) is 17.5 Å². The molecule has 27 heavy (non-hydrogen) atoms. The van der Waals surface area contributed by atoms with Crippen molar-refractivity contribution in [1.82, 2.24) is 0 Å². The molecule has 0 spiro atoms. The minimum atomic E-state index is 0. The molecule has 0 amide bonds. The molecule has 0 aliphatic heterocycles. The van der Waals surface area contributed by atoms with Gasteiger partial charge in [0, 0.05) is 33.3 Å². The molecule has 0 bridgehead atoms. The average Bonchev–Trinajstić information content (AvgIpc) is 2.54. The molecule has 0 saturated carbocycles.